The monoisotopic (exact) mass is 365 g/mol. The minimum Gasteiger partial charge on any atom is -0.497 e. The fraction of sp³-hybridized carbons (Fsp3) is 0.273. The number of aryl methyl sites for hydroxylation is 1. The van der Waals surface area contributed by atoms with Crippen molar-refractivity contribution in [1.29, 1.82) is 0 Å². The van der Waals surface area contributed by atoms with Gasteiger partial charge >= 0.3 is 5.97 Å². The molecule has 5 heteroatoms. The Hall–Kier alpha value is -3.08. The first-order chi connectivity index (χ1) is 13.0. The van der Waals surface area contributed by atoms with Crippen LogP contribution >= 0.6 is 0 Å². The van der Waals surface area contributed by atoms with Gasteiger partial charge in [-0.3, -0.25) is 0 Å². The number of esters is 1. The highest BCUT2D eigenvalue weighted by molar-refractivity contribution is 6.07. The van der Waals surface area contributed by atoms with Gasteiger partial charge in [-0.05, 0) is 61.7 Å². The van der Waals surface area contributed by atoms with Crippen LogP contribution in [-0.4, -0.2) is 25.1 Å². The summed E-state index contributed by atoms with van der Waals surface area (Å²) in [4.78, 5) is 16.4. The van der Waals surface area contributed by atoms with Crippen LogP contribution in [0.4, 0.5) is 0 Å². The molecule has 0 fully saturated rings. The van der Waals surface area contributed by atoms with E-state index < -0.39 is 5.97 Å². The third-order valence-electron chi connectivity index (χ3n) is 3.98. The highest BCUT2D eigenvalue weighted by Crippen LogP contribution is 2.21. The molecule has 1 aliphatic heterocycles. The van der Waals surface area contributed by atoms with E-state index in [0.29, 0.717) is 18.0 Å². The molecule has 0 saturated carbocycles. The molecule has 2 aromatic carbocycles. The molecule has 0 N–H and O–H groups in total. The Balaban J connectivity index is 1.65. The first kappa shape index (κ1) is 18.7. The molecule has 0 aliphatic carbocycles. The molecule has 3 rings (SSSR count). The Kier molecular flexibility index (Phi) is 5.91. The minimum absolute atomic E-state index is 0.121. The van der Waals surface area contributed by atoms with Crippen molar-refractivity contribution in [2.45, 2.75) is 32.8 Å². The van der Waals surface area contributed by atoms with E-state index in [1.165, 1.54) is 0 Å². The zero-order valence-electron chi connectivity index (χ0n) is 15.8. The van der Waals surface area contributed by atoms with Gasteiger partial charge in [-0.25, -0.2) is 9.79 Å². The van der Waals surface area contributed by atoms with E-state index in [0.717, 1.165) is 29.0 Å². The van der Waals surface area contributed by atoms with E-state index in [1.807, 2.05) is 62.4 Å². The lowest BCUT2D eigenvalue weighted by molar-refractivity contribution is -0.130. The maximum absolute atomic E-state index is 12.1. The van der Waals surface area contributed by atoms with Crippen molar-refractivity contribution in [1.82, 2.24) is 0 Å². The number of aliphatic imine (C=N–C) groups is 1. The first-order valence-electron chi connectivity index (χ1n) is 8.94. The Morgan fingerprint density at radius 2 is 1.85 bits per heavy atom. The fourth-order valence-electron chi connectivity index (χ4n) is 2.71. The summed E-state index contributed by atoms with van der Waals surface area (Å²) in [6.07, 6.45) is 3.12. The van der Waals surface area contributed by atoms with Crippen LogP contribution in [0.5, 0.6) is 11.5 Å². The van der Waals surface area contributed by atoms with Gasteiger partial charge in [-0.2, -0.15) is 0 Å². The van der Waals surface area contributed by atoms with Gasteiger partial charge < -0.3 is 14.2 Å². The third-order valence-corrected chi connectivity index (χ3v) is 3.98. The molecule has 1 aliphatic rings. The van der Waals surface area contributed by atoms with E-state index >= 15 is 0 Å². The first-order valence-corrected chi connectivity index (χ1v) is 8.94. The fourth-order valence-corrected chi connectivity index (χ4v) is 2.71. The zero-order valence-corrected chi connectivity index (χ0v) is 15.8. The standard InChI is InChI=1S/C22H23NO4/c1-15(2)26-18-10-7-17(8-11-18)14-20-22(24)27-21(23-20)12-9-16-5-4-6-19(13-16)25-3/h4-8,10-11,13-15H,9,12H2,1-3H3/b20-14+. The van der Waals surface area contributed by atoms with Crippen LogP contribution in [-0.2, 0) is 16.0 Å². The topological polar surface area (TPSA) is 57.1 Å². The zero-order chi connectivity index (χ0) is 19.2. The average Bonchev–Trinajstić information content (AvgIpc) is 3.01. The highest BCUT2D eigenvalue weighted by atomic mass is 16.6. The molecule has 5 nitrogen and oxygen atoms in total. The number of carbonyl (C=O) groups excluding carboxylic acids is 1. The summed E-state index contributed by atoms with van der Waals surface area (Å²) in [5.74, 6) is 1.62. The maximum Gasteiger partial charge on any atom is 0.363 e. The van der Waals surface area contributed by atoms with Crippen molar-refractivity contribution in [2.75, 3.05) is 7.11 Å². The van der Waals surface area contributed by atoms with Crippen molar-refractivity contribution < 1.29 is 19.0 Å². The molecule has 140 valence electrons. The molecular weight excluding hydrogens is 342 g/mol. The molecule has 27 heavy (non-hydrogen) atoms. The van der Waals surface area contributed by atoms with Crippen LogP contribution in [0.2, 0.25) is 0 Å². The van der Waals surface area contributed by atoms with Gasteiger partial charge in [0.15, 0.2) is 11.6 Å². The second-order valence-electron chi connectivity index (χ2n) is 6.51. The van der Waals surface area contributed by atoms with Gasteiger partial charge in [0.2, 0.25) is 0 Å². The Labute approximate surface area is 159 Å². The number of carbonyl (C=O) groups is 1. The van der Waals surface area contributed by atoms with Crippen molar-refractivity contribution in [3.63, 3.8) is 0 Å². The molecule has 1 heterocycles. The van der Waals surface area contributed by atoms with Crippen molar-refractivity contribution >= 4 is 17.9 Å². The average molecular weight is 365 g/mol. The molecule has 0 spiro atoms. The van der Waals surface area contributed by atoms with Crippen LogP contribution in [0.15, 0.2) is 59.2 Å². The minimum atomic E-state index is -0.418. The van der Waals surface area contributed by atoms with Gasteiger partial charge in [0.1, 0.15) is 11.5 Å². The highest BCUT2D eigenvalue weighted by Gasteiger charge is 2.22. The Morgan fingerprint density at radius 1 is 1.07 bits per heavy atom. The van der Waals surface area contributed by atoms with Crippen molar-refractivity contribution in [2.24, 2.45) is 4.99 Å². The van der Waals surface area contributed by atoms with Crippen molar-refractivity contribution in [3.8, 4) is 11.5 Å². The summed E-state index contributed by atoms with van der Waals surface area (Å²) in [5.41, 5.74) is 2.29. The summed E-state index contributed by atoms with van der Waals surface area (Å²) in [7, 11) is 1.64. The van der Waals surface area contributed by atoms with Crippen LogP contribution in [0.1, 0.15) is 31.4 Å². The number of benzene rings is 2. The lowest BCUT2D eigenvalue weighted by Crippen LogP contribution is -2.05. The molecule has 0 aromatic heterocycles. The van der Waals surface area contributed by atoms with Crippen LogP contribution in [0.3, 0.4) is 0 Å². The molecule has 0 amide bonds. The summed E-state index contributed by atoms with van der Waals surface area (Å²) in [6, 6.07) is 15.3. The van der Waals surface area contributed by atoms with E-state index in [2.05, 4.69) is 4.99 Å². The van der Waals surface area contributed by atoms with Gasteiger partial charge in [0, 0.05) is 6.42 Å². The predicted molar refractivity (Wildman–Crippen MR) is 105 cm³/mol. The molecule has 2 aromatic rings. The number of nitrogens with zero attached hydrogens (tertiary/aromatic N) is 1. The smallest absolute Gasteiger partial charge is 0.363 e. The summed E-state index contributed by atoms with van der Waals surface area (Å²) >= 11 is 0. The van der Waals surface area contributed by atoms with Gasteiger partial charge in [-0.1, -0.05) is 24.3 Å². The summed E-state index contributed by atoms with van der Waals surface area (Å²) < 4.78 is 16.1. The molecule has 0 radical (unpaired) electrons. The van der Waals surface area contributed by atoms with Crippen molar-refractivity contribution in [3.05, 3.63) is 65.4 Å². The largest absolute Gasteiger partial charge is 0.497 e. The lowest BCUT2D eigenvalue weighted by atomic mass is 10.1. The van der Waals surface area contributed by atoms with Gasteiger partial charge in [-0.15, -0.1) is 0 Å². The van der Waals surface area contributed by atoms with E-state index in [4.69, 9.17) is 14.2 Å². The second-order valence-corrected chi connectivity index (χ2v) is 6.51. The Morgan fingerprint density at radius 3 is 2.56 bits per heavy atom. The molecule has 0 saturated heterocycles. The number of cyclic esters (lactones) is 1. The van der Waals surface area contributed by atoms with Crippen LogP contribution < -0.4 is 9.47 Å². The summed E-state index contributed by atoms with van der Waals surface area (Å²) in [6.45, 7) is 3.96. The molecule has 0 bridgehead atoms. The van der Waals surface area contributed by atoms with Crippen LogP contribution in [0, 0.1) is 0 Å². The quantitative estimate of drug-likeness (QED) is 0.539. The number of methoxy groups -OCH3 is 1. The lowest BCUT2D eigenvalue weighted by Gasteiger charge is -2.09. The van der Waals surface area contributed by atoms with Gasteiger partial charge in [0.25, 0.3) is 0 Å². The number of ether oxygens (including phenoxy) is 3. The second kappa shape index (κ2) is 8.54. The summed E-state index contributed by atoms with van der Waals surface area (Å²) in [5, 5.41) is 0. The SMILES string of the molecule is COc1cccc(CCC2=N/C(=C/c3ccc(OC(C)C)cc3)C(=O)O2)c1. The molecular formula is C22H23NO4. The van der Waals surface area contributed by atoms with E-state index in [9.17, 15) is 4.79 Å². The van der Waals surface area contributed by atoms with Gasteiger partial charge in [0.05, 0.1) is 13.2 Å². The Bertz CT molecular complexity index is 866. The normalized spacial score (nSPS) is 15.0. The molecule has 0 atom stereocenters. The molecule has 0 unspecified atom stereocenters. The predicted octanol–water partition coefficient (Wildman–Crippen LogP) is 4.41. The van der Waals surface area contributed by atoms with Crippen LogP contribution in [0.25, 0.3) is 6.08 Å². The van der Waals surface area contributed by atoms with E-state index in [-0.39, 0.29) is 6.10 Å². The van der Waals surface area contributed by atoms with E-state index in [1.54, 1.807) is 13.2 Å². The number of hydrogen-bond donors (Lipinski definition) is 0. The number of hydrogen-bond acceptors (Lipinski definition) is 5. The third kappa shape index (κ3) is 5.20. The maximum atomic E-state index is 12.1. The number of rotatable bonds is 7.